The maximum Gasteiger partial charge on any atom is 0.307 e. The molecule has 0 heterocycles. The molecule has 0 aliphatic carbocycles. The van der Waals surface area contributed by atoms with E-state index in [2.05, 4.69) is 39.9 Å². The van der Waals surface area contributed by atoms with Gasteiger partial charge in [-0.25, -0.2) is 0 Å². The van der Waals surface area contributed by atoms with E-state index in [0.29, 0.717) is 12.5 Å². The molecule has 0 aromatic rings. The van der Waals surface area contributed by atoms with Crippen molar-refractivity contribution in [1.82, 2.24) is 5.32 Å². The topological polar surface area (TPSA) is 49.3 Å². The van der Waals surface area contributed by atoms with Crippen molar-refractivity contribution >= 4 is 5.97 Å². The van der Waals surface area contributed by atoms with E-state index in [-0.39, 0.29) is 11.3 Å². The third kappa shape index (κ3) is 8.43. The fourth-order valence-corrected chi connectivity index (χ4v) is 1.46. The first-order valence-electron chi connectivity index (χ1n) is 5.66. The number of hydrogen-bond acceptors (Lipinski definition) is 2. The zero-order valence-corrected chi connectivity index (χ0v) is 10.6. The Hall–Kier alpha value is -0.570. The van der Waals surface area contributed by atoms with E-state index in [9.17, 15) is 4.79 Å². The molecule has 0 amide bonds. The van der Waals surface area contributed by atoms with Gasteiger partial charge in [0.25, 0.3) is 0 Å². The highest BCUT2D eigenvalue weighted by Crippen LogP contribution is 2.13. The SMILES string of the molecule is CC(C)CC(CNCC(C)(C)C)C(=O)O. The second kappa shape index (κ2) is 6.11. The van der Waals surface area contributed by atoms with E-state index in [4.69, 9.17) is 5.11 Å². The van der Waals surface area contributed by atoms with Crippen molar-refractivity contribution in [3.8, 4) is 0 Å². The monoisotopic (exact) mass is 215 g/mol. The highest BCUT2D eigenvalue weighted by Gasteiger charge is 2.19. The Balaban J connectivity index is 3.92. The quantitative estimate of drug-likeness (QED) is 0.715. The lowest BCUT2D eigenvalue weighted by Gasteiger charge is -2.21. The first kappa shape index (κ1) is 14.4. The van der Waals surface area contributed by atoms with E-state index in [0.717, 1.165) is 13.0 Å². The maximum absolute atomic E-state index is 11.0. The third-order valence-corrected chi connectivity index (χ3v) is 2.15. The summed E-state index contributed by atoms with van der Waals surface area (Å²) in [6, 6.07) is 0. The van der Waals surface area contributed by atoms with Gasteiger partial charge in [0.2, 0.25) is 0 Å². The van der Waals surface area contributed by atoms with Gasteiger partial charge in [-0.3, -0.25) is 4.79 Å². The lowest BCUT2D eigenvalue weighted by Crippen LogP contribution is -2.34. The Labute approximate surface area is 93.3 Å². The Morgan fingerprint density at radius 1 is 1.33 bits per heavy atom. The van der Waals surface area contributed by atoms with Crippen molar-refractivity contribution < 1.29 is 9.90 Å². The zero-order chi connectivity index (χ0) is 12.1. The number of rotatable bonds is 6. The molecule has 0 spiro atoms. The van der Waals surface area contributed by atoms with Gasteiger partial charge >= 0.3 is 5.97 Å². The molecule has 0 aliphatic rings. The van der Waals surface area contributed by atoms with Gasteiger partial charge in [-0.05, 0) is 17.8 Å². The zero-order valence-electron chi connectivity index (χ0n) is 10.6. The Morgan fingerprint density at radius 3 is 2.20 bits per heavy atom. The summed E-state index contributed by atoms with van der Waals surface area (Å²) < 4.78 is 0. The van der Waals surface area contributed by atoms with Crippen LogP contribution >= 0.6 is 0 Å². The molecule has 3 nitrogen and oxygen atoms in total. The summed E-state index contributed by atoms with van der Waals surface area (Å²) in [5.41, 5.74) is 0.209. The van der Waals surface area contributed by atoms with Crippen molar-refractivity contribution in [1.29, 1.82) is 0 Å². The van der Waals surface area contributed by atoms with Gasteiger partial charge in [0.15, 0.2) is 0 Å². The molecule has 2 N–H and O–H groups in total. The molecule has 15 heavy (non-hydrogen) atoms. The minimum atomic E-state index is -0.690. The molecule has 0 radical (unpaired) electrons. The normalized spacial score (nSPS) is 14.3. The second-order valence-corrected chi connectivity index (χ2v) is 5.86. The fraction of sp³-hybridized carbons (Fsp3) is 0.917. The Kier molecular flexibility index (Phi) is 5.88. The molecule has 3 heteroatoms. The number of carboxylic acid groups (broad SMARTS) is 1. The lowest BCUT2D eigenvalue weighted by atomic mass is 9.94. The predicted octanol–water partition coefficient (Wildman–Crippen LogP) is 2.37. The third-order valence-electron chi connectivity index (χ3n) is 2.15. The number of nitrogens with one attached hydrogen (secondary N) is 1. The molecule has 0 bridgehead atoms. The average molecular weight is 215 g/mol. The molecule has 0 fully saturated rings. The van der Waals surface area contributed by atoms with Crippen LogP contribution in [0.4, 0.5) is 0 Å². The summed E-state index contributed by atoms with van der Waals surface area (Å²) in [5.74, 6) is -0.514. The van der Waals surface area contributed by atoms with E-state index in [1.807, 2.05) is 0 Å². The number of carboxylic acids is 1. The van der Waals surface area contributed by atoms with Crippen LogP contribution in [-0.2, 0) is 4.79 Å². The van der Waals surface area contributed by atoms with Crippen LogP contribution in [0.2, 0.25) is 0 Å². The van der Waals surface area contributed by atoms with Crippen LogP contribution in [-0.4, -0.2) is 24.2 Å². The molecule has 0 saturated carbocycles. The molecule has 1 unspecified atom stereocenters. The van der Waals surface area contributed by atoms with Crippen LogP contribution in [0.5, 0.6) is 0 Å². The van der Waals surface area contributed by atoms with Crippen LogP contribution in [0.1, 0.15) is 41.0 Å². The van der Waals surface area contributed by atoms with Crippen LogP contribution in [0.25, 0.3) is 0 Å². The molecular weight excluding hydrogens is 190 g/mol. The van der Waals surface area contributed by atoms with Crippen LogP contribution in [0.3, 0.4) is 0 Å². The van der Waals surface area contributed by atoms with E-state index >= 15 is 0 Å². The summed E-state index contributed by atoms with van der Waals surface area (Å²) in [6.45, 7) is 12.0. The first-order valence-corrected chi connectivity index (χ1v) is 5.66. The van der Waals surface area contributed by atoms with Crippen LogP contribution in [0.15, 0.2) is 0 Å². The van der Waals surface area contributed by atoms with Gasteiger partial charge in [0, 0.05) is 13.1 Å². The fourth-order valence-electron chi connectivity index (χ4n) is 1.46. The smallest absolute Gasteiger partial charge is 0.307 e. The van der Waals surface area contributed by atoms with Gasteiger partial charge in [0.05, 0.1) is 5.92 Å². The summed E-state index contributed by atoms with van der Waals surface area (Å²) in [7, 11) is 0. The summed E-state index contributed by atoms with van der Waals surface area (Å²) in [6.07, 6.45) is 0.743. The minimum absolute atomic E-state index is 0.209. The summed E-state index contributed by atoms with van der Waals surface area (Å²) in [5, 5.41) is 12.2. The van der Waals surface area contributed by atoms with Crippen molar-refractivity contribution in [2.24, 2.45) is 17.3 Å². The molecular formula is C12H25NO2. The summed E-state index contributed by atoms with van der Waals surface area (Å²) >= 11 is 0. The van der Waals surface area contributed by atoms with Crippen molar-refractivity contribution in [3.05, 3.63) is 0 Å². The molecule has 90 valence electrons. The maximum atomic E-state index is 11.0. The van der Waals surface area contributed by atoms with Gasteiger partial charge in [-0.15, -0.1) is 0 Å². The van der Waals surface area contributed by atoms with E-state index in [1.54, 1.807) is 0 Å². The molecule has 0 aromatic carbocycles. The standard InChI is InChI=1S/C12H25NO2/c1-9(2)6-10(11(14)15)7-13-8-12(3,4)5/h9-10,13H,6-8H2,1-5H3,(H,14,15). The lowest BCUT2D eigenvalue weighted by molar-refractivity contribution is -0.142. The summed E-state index contributed by atoms with van der Waals surface area (Å²) in [4.78, 5) is 11.0. The largest absolute Gasteiger partial charge is 0.481 e. The van der Waals surface area contributed by atoms with Gasteiger partial charge in [-0.2, -0.15) is 0 Å². The molecule has 0 aliphatic heterocycles. The minimum Gasteiger partial charge on any atom is -0.481 e. The first-order chi connectivity index (χ1) is 6.72. The van der Waals surface area contributed by atoms with Crippen molar-refractivity contribution in [3.63, 3.8) is 0 Å². The molecule has 1 atom stereocenters. The Morgan fingerprint density at radius 2 is 1.87 bits per heavy atom. The average Bonchev–Trinajstić information content (AvgIpc) is 1.99. The number of carbonyl (C=O) groups is 1. The predicted molar refractivity (Wildman–Crippen MR) is 62.9 cm³/mol. The van der Waals surface area contributed by atoms with Crippen molar-refractivity contribution in [2.45, 2.75) is 41.0 Å². The van der Waals surface area contributed by atoms with Crippen LogP contribution in [0, 0.1) is 17.3 Å². The van der Waals surface area contributed by atoms with Gasteiger partial charge < -0.3 is 10.4 Å². The number of hydrogen-bond donors (Lipinski definition) is 2. The molecule has 0 rings (SSSR count). The van der Waals surface area contributed by atoms with E-state index < -0.39 is 5.97 Å². The van der Waals surface area contributed by atoms with Gasteiger partial charge in [-0.1, -0.05) is 34.6 Å². The van der Waals surface area contributed by atoms with E-state index in [1.165, 1.54) is 0 Å². The van der Waals surface area contributed by atoms with Gasteiger partial charge in [0.1, 0.15) is 0 Å². The molecule has 0 aromatic heterocycles. The van der Waals surface area contributed by atoms with Crippen molar-refractivity contribution in [2.75, 3.05) is 13.1 Å². The molecule has 0 saturated heterocycles. The second-order valence-electron chi connectivity index (χ2n) is 5.86. The number of aliphatic carboxylic acids is 1. The highest BCUT2D eigenvalue weighted by molar-refractivity contribution is 5.70. The highest BCUT2D eigenvalue weighted by atomic mass is 16.4. The van der Waals surface area contributed by atoms with Crippen LogP contribution < -0.4 is 5.32 Å². The Bertz CT molecular complexity index is 194.